The quantitative estimate of drug-likeness (QED) is 0.879. The van der Waals surface area contributed by atoms with E-state index in [1.807, 2.05) is 45.0 Å². The van der Waals surface area contributed by atoms with Crippen molar-refractivity contribution in [1.82, 2.24) is 15.4 Å². The maximum Gasteiger partial charge on any atom is 0.224 e. The average Bonchev–Trinajstić information content (AvgIpc) is 3.04. The molecule has 0 aromatic carbocycles. The van der Waals surface area contributed by atoms with Crippen LogP contribution in [0.3, 0.4) is 0 Å². The molecule has 6 nitrogen and oxygen atoms in total. The molecule has 2 rings (SSSR count). The van der Waals surface area contributed by atoms with E-state index in [1.54, 1.807) is 6.26 Å². The van der Waals surface area contributed by atoms with E-state index >= 15 is 0 Å². The Bertz CT molecular complexity index is 568. The number of nitrogens with zero attached hydrogens (tertiary/aromatic N) is 2. The highest BCUT2D eigenvalue weighted by Crippen LogP contribution is 2.18. The third kappa shape index (κ3) is 3.72. The molecule has 6 heteroatoms. The Morgan fingerprint density at radius 1 is 1.43 bits per heavy atom. The molecule has 0 radical (unpaired) electrons. The lowest BCUT2D eigenvalue weighted by Crippen LogP contribution is -2.35. The number of furan rings is 1. The second kappa shape index (κ2) is 6.58. The molecule has 21 heavy (non-hydrogen) atoms. The maximum absolute atomic E-state index is 12.1. The van der Waals surface area contributed by atoms with Crippen molar-refractivity contribution in [3.8, 4) is 0 Å². The summed E-state index contributed by atoms with van der Waals surface area (Å²) in [6.45, 7) is 4.14. The van der Waals surface area contributed by atoms with Crippen LogP contribution in [0.2, 0.25) is 0 Å². The van der Waals surface area contributed by atoms with E-state index in [-0.39, 0.29) is 18.4 Å². The molecular formula is C15H21N3O3. The lowest BCUT2D eigenvalue weighted by atomic mass is 10.1. The first kappa shape index (κ1) is 15.3. The minimum absolute atomic E-state index is 0.00798. The third-order valence-corrected chi connectivity index (χ3v) is 3.51. The molecule has 0 saturated carbocycles. The summed E-state index contributed by atoms with van der Waals surface area (Å²) in [6.07, 6.45) is 1.91. The first-order chi connectivity index (χ1) is 9.99. The fourth-order valence-corrected chi connectivity index (χ4v) is 2.21. The van der Waals surface area contributed by atoms with Crippen LogP contribution in [0.25, 0.3) is 0 Å². The highest BCUT2D eigenvalue weighted by Gasteiger charge is 2.19. The smallest absolute Gasteiger partial charge is 0.224 e. The van der Waals surface area contributed by atoms with Gasteiger partial charge in [0.25, 0.3) is 0 Å². The molecule has 0 aliphatic carbocycles. The van der Waals surface area contributed by atoms with Crippen LogP contribution >= 0.6 is 0 Å². The fraction of sp³-hybridized carbons (Fsp3) is 0.467. The van der Waals surface area contributed by atoms with E-state index in [4.69, 9.17) is 8.94 Å². The lowest BCUT2D eigenvalue weighted by Gasteiger charge is -2.22. The van der Waals surface area contributed by atoms with Gasteiger partial charge in [-0.1, -0.05) is 5.16 Å². The summed E-state index contributed by atoms with van der Waals surface area (Å²) in [5.41, 5.74) is 1.62. The fourth-order valence-electron chi connectivity index (χ4n) is 2.21. The topological polar surface area (TPSA) is 71.5 Å². The molecule has 0 unspecified atom stereocenters. The highest BCUT2D eigenvalue weighted by molar-refractivity contribution is 5.79. The van der Waals surface area contributed by atoms with E-state index in [9.17, 15) is 4.79 Å². The van der Waals surface area contributed by atoms with Gasteiger partial charge in [0.2, 0.25) is 5.91 Å². The molecule has 0 fully saturated rings. The molecule has 0 aliphatic rings. The van der Waals surface area contributed by atoms with Gasteiger partial charge in [-0.05, 0) is 40.1 Å². The van der Waals surface area contributed by atoms with Crippen molar-refractivity contribution in [2.24, 2.45) is 0 Å². The molecular weight excluding hydrogens is 270 g/mol. The SMILES string of the molecule is Cc1noc(C)c1CC(=O)NC[C@@H](c1ccco1)N(C)C. The van der Waals surface area contributed by atoms with Gasteiger partial charge in [-0.2, -0.15) is 0 Å². The molecule has 114 valence electrons. The number of aryl methyl sites for hydroxylation is 2. The monoisotopic (exact) mass is 291 g/mol. The summed E-state index contributed by atoms with van der Waals surface area (Å²) in [4.78, 5) is 14.1. The van der Waals surface area contributed by atoms with Gasteiger partial charge in [0.05, 0.1) is 24.4 Å². The summed E-state index contributed by atoms with van der Waals surface area (Å²) in [7, 11) is 3.90. The van der Waals surface area contributed by atoms with Gasteiger partial charge in [0, 0.05) is 12.1 Å². The van der Waals surface area contributed by atoms with Crippen molar-refractivity contribution >= 4 is 5.91 Å². The van der Waals surface area contributed by atoms with Crippen molar-refractivity contribution in [3.05, 3.63) is 41.2 Å². The van der Waals surface area contributed by atoms with E-state index in [2.05, 4.69) is 10.5 Å². The number of likely N-dealkylation sites (N-methyl/N-ethyl adjacent to an activating group) is 1. The van der Waals surface area contributed by atoms with Crippen LogP contribution in [0.1, 0.15) is 28.8 Å². The molecule has 1 N–H and O–H groups in total. The number of hydrogen-bond acceptors (Lipinski definition) is 5. The number of hydrogen-bond donors (Lipinski definition) is 1. The average molecular weight is 291 g/mol. The zero-order valence-corrected chi connectivity index (χ0v) is 12.8. The summed E-state index contributed by atoms with van der Waals surface area (Å²) in [6, 6.07) is 3.76. The van der Waals surface area contributed by atoms with Crippen LogP contribution in [-0.4, -0.2) is 36.6 Å². The molecule has 2 aromatic heterocycles. The maximum atomic E-state index is 12.1. The number of nitrogens with one attached hydrogen (secondary N) is 1. The molecule has 0 saturated heterocycles. The summed E-state index contributed by atoms with van der Waals surface area (Å²) < 4.78 is 10.5. The van der Waals surface area contributed by atoms with E-state index < -0.39 is 0 Å². The number of aromatic nitrogens is 1. The summed E-state index contributed by atoms with van der Waals surface area (Å²) in [5, 5.41) is 6.79. The van der Waals surface area contributed by atoms with Crippen LogP contribution < -0.4 is 5.32 Å². The van der Waals surface area contributed by atoms with Gasteiger partial charge in [-0.3, -0.25) is 9.69 Å². The van der Waals surface area contributed by atoms with E-state index in [0.29, 0.717) is 12.3 Å². The predicted molar refractivity (Wildman–Crippen MR) is 77.8 cm³/mol. The van der Waals surface area contributed by atoms with Crippen LogP contribution in [-0.2, 0) is 11.2 Å². The number of carbonyl (C=O) groups excluding carboxylic acids is 1. The Morgan fingerprint density at radius 3 is 2.71 bits per heavy atom. The van der Waals surface area contributed by atoms with Crippen molar-refractivity contribution < 1.29 is 13.7 Å². The van der Waals surface area contributed by atoms with Crippen LogP contribution in [0, 0.1) is 13.8 Å². The zero-order valence-electron chi connectivity index (χ0n) is 12.8. The van der Waals surface area contributed by atoms with Crippen LogP contribution in [0.4, 0.5) is 0 Å². The molecule has 0 bridgehead atoms. The normalized spacial score (nSPS) is 12.6. The van der Waals surface area contributed by atoms with Gasteiger partial charge in [-0.15, -0.1) is 0 Å². The molecule has 0 aliphatic heterocycles. The Kier molecular flexibility index (Phi) is 4.80. The molecule has 2 heterocycles. The number of rotatable bonds is 6. The van der Waals surface area contributed by atoms with Gasteiger partial charge in [0.1, 0.15) is 11.5 Å². The standard InChI is InChI=1S/C15H21N3O3/c1-10-12(11(2)21-17-10)8-15(19)16-9-13(18(3)4)14-6-5-7-20-14/h5-7,13H,8-9H2,1-4H3,(H,16,19)/t13-/m0/s1. The van der Waals surface area contributed by atoms with Gasteiger partial charge < -0.3 is 14.3 Å². The van der Waals surface area contributed by atoms with Crippen molar-refractivity contribution in [2.75, 3.05) is 20.6 Å². The largest absolute Gasteiger partial charge is 0.468 e. The van der Waals surface area contributed by atoms with Crippen LogP contribution in [0.15, 0.2) is 27.3 Å². The third-order valence-electron chi connectivity index (χ3n) is 3.51. The lowest BCUT2D eigenvalue weighted by molar-refractivity contribution is -0.120. The van der Waals surface area contributed by atoms with Gasteiger partial charge in [-0.25, -0.2) is 0 Å². The summed E-state index contributed by atoms with van der Waals surface area (Å²) in [5.74, 6) is 1.47. The van der Waals surface area contributed by atoms with Crippen molar-refractivity contribution in [2.45, 2.75) is 26.3 Å². The first-order valence-electron chi connectivity index (χ1n) is 6.87. The Balaban J connectivity index is 1.94. The highest BCUT2D eigenvalue weighted by atomic mass is 16.5. The second-order valence-electron chi connectivity index (χ2n) is 5.28. The minimum atomic E-state index is -0.0530. The molecule has 1 amide bonds. The van der Waals surface area contributed by atoms with E-state index in [0.717, 1.165) is 17.0 Å². The Hall–Kier alpha value is -2.08. The zero-order chi connectivity index (χ0) is 15.4. The number of amides is 1. The minimum Gasteiger partial charge on any atom is -0.468 e. The molecule has 0 spiro atoms. The van der Waals surface area contributed by atoms with Crippen LogP contribution in [0.5, 0.6) is 0 Å². The number of carbonyl (C=O) groups is 1. The second-order valence-corrected chi connectivity index (χ2v) is 5.28. The first-order valence-corrected chi connectivity index (χ1v) is 6.87. The predicted octanol–water partition coefficient (Wildman–Crippen LogP) is 1.85. The molecule has 1 atom stereocenters. The summed E-state index contributed by atoms with van der Waals surface area (Å²) >= 11 is 0. The van der Waals surface area contributed by atoms with E-state index in [1.165, 1.54) is 0 Å². The van der Waals surface area contributed by atoms with Gasteiger partial charge >= 0.3 is 0 Å². The Labute approximate surface area is 124 Å². The van der Waals surface area contributed by atoms with Gasteiger partial charge in [0.15, 0.2) is 0 Å². The molecule has 2 aromatic rings. The Morgan fingerprint density at radius 2 is 2.19 bits per heavy atom. The van der Waals surface area contributed by atoms with Crippen molar-refractivity contribution in [1.29, 1.82) is 0 Å². The van der Waals surface area contributed by atoms with Crippen molar-refractivity contribution in [3.63, 3.8) is 0 Å².